The van der Waals surface area contributed by atoms with E-state index in [-0.39, 0.29) is 22.5 Å². The first-order valence-corrected chi connectivity index (χ1v) is 7.54. The number of esters is 2. The highest BCUT2D eigenvalue weighted by molar-refractivity contribution is 6.44. The number of halogens is 1. The van der Waals surface area contributed by atoms with Gasteiger partial charge in [-0.05, 0) is 36.4 Å². The third-order valence-corrected chi connectivity index (χ3v) is 3.38. The minimum atomic E-state index is -1.13. The molecule has 0 saturated heterocycles. The molecule has 2 aromatic rings. The fraction of sp³-hybridized carbons (Fsp3) is 0.111. The zero-order valence-corrected chi connectivity index (χ0v) is 14.4. The Morgan fingerprint density at radius 3 is 2.15 bits per heavy atom. The number of hydrogen-bond donors (Lipinski definition) is 2. The van der Waals surface area contributed by atoms with Crippen molar-refractivity contribution in [3.63, 3.8) is 0 Å². The van der Waals surface area contributed by atoms with Gasteiger partial charge in [0.05, 0.1) is 31.0 Å². The molecule has 0 atom stereocenters. The van der Waals surface area contributed by atoms with Gasteiger partial charge in [-0.25, -0.2) is 14.0 Å². The Kier molecular flexibility index (Phi) is 6.21. The number of amides is 2. The first-order chi connectivity index (χ1) is 12.8. The van der Waals surface area contributed by atoms with Crippen LogP contribution < -0.4 is 10.6 Å². The highest BCUT2D eigenvalue weighted by Gasteiger charge is 2.20. The van der Waals surface area contributed by atoms with Crippen molar-refractivity contribution >= 4 is 35.1 Å². The van der Waals surface area contributed by atoms with E-state index in [1.165, 1.54) is 43.5 Å². The van der Waals surface area contributed by atoms with E-state index in [4.69, 9.17) is 0 Å². The van der Waals surface area contributed by atoms with Crippen molar-refractivity contribution in [1.82, 2.24) is 0 Å². The molecule has 0 aliphatic rings. The lowest BCUT2D eigenvalue weighted by Gasteiger charge is -2.11. The Morgan fingerprint density at radius 1 is 0.852 bits per heavy atom. The summed E-state index contributed by atoms with van der Waals surface area (Å²) in [7, 11) is 2.31. The number of carbonyl (C=O) groups is 4. The summed E-state index contributed by atoms with van der Waals surface area (Å²) in [6, 6.07) is 8.69. The Balaban J connectivity index is 2.25. The van der Waals surface area contributed by atoms with Crippen molar-refractivity contribution in [2.75, 3.05) is 24.9 Å². The minimum Gasteiger partial charge on any atom is -0.465 e. The molecule has 8 nitrogen and oxygen atoms in total. The highest BCUT2D eigenvalue weighted by atomic mass is 19.1. The first kappa shape index (κ1) is 19.6. The molecule has 0 unspecified atom stereocenters. The van der Waals surface area contributed by atoms with Crippen LogP contribution in [-0.2, 0) is 19.1 Å². The fourth-order valence-electron chi connectivity index (χ4n) is 2.11. The molecule has 2 rings (SSSR count). The zero-order chi connectivity index (χ0) is 20.0. The summed E-state index contributed by atoms with van der Waals surface area (Å²) in [5, 5.41) is 4.44. The van der Waals surface area contributed by atoms with Gasteiger partial charge in [-0.1, -0.05) is 6.07 Å². The number of anilines is 2. The van der Waals surface area contributed by atoms with Gasteiger partial charge in [-0.15, -0.1) is 0 Å². The van der Waals surface area contributed by atoms with Crippen LogP contribution in [-0.4, -0.2) is 38.0 Å². The summed E-state index contributed by atoms with van der Waals surface area (Å²) in [6.45, 7) is 0. The van der Waals surface area contributed by atoms with Gasteiger partial charge in [0, 0.05) is 5.69 Å². The van der Waals surface area contributed by atoms with Crippen molar-refractivity contribution in [3.8, 4) is 0 Å². The third kappa shape index (κ3) is 4.88. The lowest BCUT2D eigenvalue weighted by molar-refractivity contribution is -0.133. The van der Waals surface area contributed by atoms with E-state index >= 15 is 0 Å². The van der Waals surface area contributed by atoms with Crippen LogP contribution in [0.4, 0.5) is 15.8 Å². The zero-order valence-electron chi connectivity index (χ0n) is 14.4. The second-order valence-electron chi connectivity index (χ2n) is 5.16. The van der Waals surface area contributed by atoms with Crippen molar-refractivity contribution < 1.29 is 33.0 Å². The van der Waals surface area contributed by atoms with Crippen molar-refractivity contribution in [2.24, 2.45) is 0 Å². The number of nitrogens with one attached hydrogen (secondary N) is 2. The maximum Gasteiger partial charge on any atom is 0.339 e. The molecule has 2 aromatic carbocycles. The fourth-order valence-corrected chi connectivity index (χ4v) is 2.11. The van der Waals surface area contributed by atoms with Gasteiger partial charge in [-0.2, -0.15) is 0 Å². The molecule has 0 aliphatic carbocycles. The topological polar surface area (TPSA) is 111 Å². The molecule has 0 spiro atoms. The molecule has 0 bridgehead atoms. The Bertz CT molecular complexity index is 912. The number of methoxy groups -OCH3 is 2. The normalized spacial score (nSPS) is 9.89. The Hall–Kier alpha value is -3.75. The predicted octanol–water partition coefficient (Wildman–Crippen LogP) is 1.98. The van der Waals surface area contributed by atoms with Crippen LogP contribution in [0.1, 0.15) is 20.7 Å². The Morgan fingerprint density at radius 2 is 1.52 bits per heavy atom. The molecular formula is C18H15FN2O6. The van der Waals surface area contributed by atoms with E-state index in [9.17, 15) is 23.6 Å². The molecule has 0 fully saturated rings. The molecular weight excluding hydrogens is 359 g/mol. The summed E-state index contributed by atoms with van der Waals surface area (Å²) in [5.41, 5.74) is -0.0705. The summed E-state index contributed by atoms with van der Waals surface area (Å²) in [6.07, 6.45) is 0. The van der Waals surface area contributed by atoms with Gasteiger partial charge >= 0.3 is 23.8 Å². The smallest absolute Gasteiger partial charge is 0.339 e. The Labute approximate surface area is 153 Å². The number of hydrogen-bond acceptors (Lipinski definition) is 6. The second kappa shape index (κ2) is 8.56. The first-order valence-electron chi connectivity index (χ1n) is 7.54. The van der Waals surface area contributed by atoms with E-state index < -0.39 is 29.6 Å². The van der Waals surface area contributed by atoms with Gasteiger partial charge in [0.2, 0.25) is 0 Å². The van der Waals surface area contributed by atoms with Crippen LogP contribution in [0.15, 0.2) is 42.5 Å². The number of benzene rings is 2. The van der Waals surface area contributed by atoms with Crippen LogP contribution in [0.5, 0.6) is 0 Å². The number of ether oxygens (including phenoxy) is 2. The largest absolute Gasteiger partial charge is 0.465 e. The number of carbonyl (C=O) groups excluding carboxylic acids is 4. The highest BCUT2D eigenvalue weighted by Crippen LogP contribution is 2.20. The van der Waals surface area contributed by atoms with Gasteiger partial charge in [0.25, 0.3) is 0 Å². The summed E-state index contributed by atoms with van der Waals surface area (Å²) in [4.78, 5) is 47.6. The van der Waals surface area contributed by atoms with E-state index in [1.807, 2.05) is 0 Å². The molecule has 0 aliphatic heterocycles. The summed E-state index contributed by atoms with van der Waals surface area (Å²) in [5.74, 6) is -4.31. The van der Waals surface area contributed by atoms with E-state index in [1.54, 1.807) is 0 Å². The van der Waals surface area contributed by atoms with E-state index in [0.717, 1.165) is 13.2 Å². The van der Waals surface area contributed by atoms with Gasteiger partial charge in [-0.3, -0.25) is 9.59 Å². The van der Waals surface area contributed by atoms with E-state index in [2.05, 4.69) is 20.1 Å². The molecule has 2 N–H and O–H groups in total. The molecule has 0 saturated carbocycles. The van der Waals surface area contributed by atoms with Crippen LogP contribution >= 0.6 is 0 Å². The van der Waals surface area contributed by atoms with Crippen LogP contribution in [0.25, 0.3) is 0 Å². The molecule has 140 valence electrons. The van der Waals surface area contributed by atoms with Crippen molar-refractivity contribution in [3.05, 3.63) is 59.4 Å². The van der Waals surface area contributed by atoms with Gasteiger partial charge in [0.1, 0.15) is 5.82 Å². The SMILES string of the molecule is COC(=O)c1ccc(C(=O)OC)c(NC(=O)C(=O)Nc2cccc(F)c2)c1. The molecule has 9 heteroatoms. The van der Waals surface area contributed by atoms with E-state index in [0.29, 0.717) is 0 Å². The maximum atomic E-state index is 13.2. The maximum absolute atomic E-state index is 13.2. The van der Waals surface area contributed by atoms with Crippen molar-refractivity contribution in [1.29, 1.82) is 0 Å². The predicted molar refractivity (Wildman–Crippen MR) is 92.8 cm³/mol. The molecule has 0 heterocycles. The molecule has 0 radical (unpaired) electrons. The summed E-state index contributed by atoms with van der Waals surface area (Å²) < 4.78 is 22.3. The quantitative estimate of drug-likeness (QED) is 0.625. The molecule has 27 heavy (non-hydrogen) atoms. The minimum absolute atomic E-state index is 0.0472. The standard InChI is InChI=1S/C18H15FN2O6/c1-26-17(24)10-6-7-13(18(25)27-2)14(8-10)21-16(23)15(22)20-12-5-3-4-11(19)9-12/h3-9H,1-2H3,(H,20,22)(H,21,23). The van der Waals surface area contributed by atoms with Crippen molar-refractivity contribution in [2.45, 2.75) is 0 Å². The van der Waals surface area contributed by atoms with Crippen LogP contribution in [0.3, 0.4) is 0 Å². The average molecular weight is 374 g/mol. The third-order valence-electron chi connectivity index (χ3n) is 3.38. The average Bonchev–Trinajstić information content (AvgIpc) is 2.66. The molecule has 0 aromatic heterocycles. The lowest BCUT2D eigenvalue weighted by Crippen LogP contribution is -2.30. The monoisotopic (exact) mass is 374 g/mol. The number of rotatable bonds is 4. The second-order valence-corrected chi connectivity index (χ2v) is 5.16. The van der Waals surface area contributed by atoms with Crippen LogP contribution in [0.2, 0.25) is 0 Å². The molecule has 2 amide bonds. The van der Waals surface area contributed by atoms with Gasteiger partial charge in [0.15, 0.2) is 0 Å². The van der Waals surface area contributed by atoms with Gasteiger partial charge < -0.3 is 20.1 Å². The van der Waals surface area contributed by atoms with Crippen LogP contribution in [0, 0.1) is 5.82 Å². The summed E-state index contributed by atoms with van der Waals surface area (Å²) >= 11 is 0. The lowest BCUT2D eigenvalue weighted by atomic mass is 10.1.